The summed E-state index contributed by atoms with van der Waals surface area (Å²) in [5.74, 6) is -2.34. The zero-order valence-corrected chi connectivity index (χ0v) is 11.6. The van der Waals surface area contributed by atoms with Crippen LogP contribution in [0.2, 0.25) is 0 Å². The molecule has 3 rings (SSSR count). The van der Waals surface area contributed by atoms with E-state index in [0.29, 0.717) is 16.7 Å². The SMILES string of the molecule is O=C(O)c1ccc(C(=O)O)c(Nc2ccc3[nH]c(=O)[nH]c3c2)c1. The van der Waals surface area contributed by atoms with Crippen molar-refractivity contribution in [1.29, 1.82) is 0 Å². The van der Waals surface area contributed by atoms with Crippen LogP contribution in [0.4, 0.5) is 11.4 Å². The van der Waals surface area contributed by atoms with Crippen LogP contribution in [-0.4, -0.2) is 32.1 Å². The third kappa shape index (κ3) is 2.77. The summed E-state index contributed by atoms with van der Waals surface area (Å²) in [7, 11) is 0. The molecule has 8 nitrogen and oxygen atoms in total. The monoisotopic (exact) mass is 313 g/mol. The Morgan fingerprint density at radius 3 is 2.35 bits per heavy atom. The van der Waals surface area contributed by atoms with Crippen molar-refractivity contribution in [2.24, 2.45) is 0 Å². The summed E-state index contributed by atoms with van der Waals surface area (Å²) >= 11 is 0. The molecule has 0 unspecified atom stereocenters. The van der Waals surface area contributed by atoms with Crippen LogP contribution >= 0.6 is 0 Å². The molecule has 8 heteroatoms. The van der Waals surface area contributed by atoms with Gasteiger partial charge < -0.3 is 25.5 Å². The van der Waals surface area contributed by atoms with Gasteiger partial charge in [0.1, 0.15) is 0 Å². The standard InChI is InChI=1S/C15H11N3O5/c19-13(20)7-1-3-9(14(21)22)11(5-7)16-8-2-4-10-12(6-8)18-15(23)17-10/h1-6,16H,(H,19,20)(H,21,22)(H2,17,18,23). The summed E-state index contributed by atoms with van der Waals surface area (Å²) in [6, 6.07) is 8.61. The summed E-state index contributed by atoms with van der Waals surface area (Å²) in [4.78, 5) is 38.7. The maximum absolute atomic E-state index is 11.3. The fourth-order valence-electron chi connectivity index (χ4n) is 2.23. The summed E-state index contributed by atoms with van der Waals surface area (Å²) in [6.45, 7) is 0. The molecule has 1 heterocycles. The highest BCUT2D eigenvalue weighted by Gasteiger charge is 2.14. The molecule has 0 aliphatic rings. The highest BCUT2D eigenvalue weighted by atomic mass is 16.4. The number of rotatable bonds is 4. The van der Waals surface area contributed by atoms with E-state index in [0.717, 1.165) is 0 Å². The minimum absolute atomic E-state index is 0.0337. The zero-order chi connectivity index (χ0) is 16.6. The van der Waals surface area contributed by atoms with Gasteiger partial charge in [0.25, 0.3) is 0 Å². The number of hydrogen-bond acceptors (Lipinski definition) is 4. The van der Waals surface area contributed by atoms with E-state index in [2.05, 4.69) is 15.3 Å². The third-order valence-electron chi connectivity index (χ3n) is 3.29. The molecular formula is C15H11N3O5. The quantitative estimate of drug-likeness (QED) is 0.500. The Morgan fingerprint density at radius 2 is 1.65 bits per heavy atom. The second kappa shape index (κ2) is 5.34. The molecule has 0 saturated heterocycles. The Bertz CT molecular complexity index is 986. The number of benzene rings is 2. The van der Waals surface area contributed by atoms with Crippen LogP contribution in [0.25, 0.3) is 11.0 Å². The van der Waals surface area contributed by atoms with Crippen molar-refractivity contribution in [3.8, 4) is 0 Å². The number of hydrogen-bond donors (Lipinski definition) is 5. The Kier molecular flexibility index (Phi) is 3.34. The van der Waals surface area contributed by atoms with Crippen molar-refractivity contribution in [3.05, 3.63) is 58.0 Å². The Balaban J connectivity index is 2.05. The van der Waals surface area contributed by atoms with Gasteiger partial charge in [-0.05, 0) is 36.4 Å². The molecule has 23 heavy (non-hydrogen) atoms. The number of aromatic nitrogens is 2. The smallest absolute Gasteiger partial charge is 0.337 e. The molecule has 0 atom stereocenters. The minimum Gasteiger partial charge on any atom is -0.478 e. The van der Waals surface area contributed by atoms with E-state index in [1.54, 1.807) is 18.2 Å². The predicted octanol–water partition coefficient (Wildman–Crippen LogP) is 2.00. The van der Waals surface area contributed by atoms with Gasteiger partial charge in [-0.3, -0.25) is 0 Å². The average molecular weight is 313 g/mol. The molecule has 0 radical (unpaired) electrons. The van der Waals surface area contributed by atoms with Crippen molar-refractivity contribution in [3.63, 3.8) is 0 Å². The van der Waals surface area contributed by atoms with Crippen molar-refractivity contribution >= 4 is 34.3 Å². The van der Waals surface area contributed by atoms with Crippen LogP contribution < -0.4 is 11.0 Å². The number of nitrogens with one attached hydrogen (secondary N) is 3. The molecule has 0 aliphatic heterocycles. The van der Waals surface area contributed by atoms with Gasteiger partial charge in [-0.15, -0.1) is 0 Å². The molecule has 0 bridgehead atoms. The topological polar surface area (TPSA) is 135 Å². The summed E-state index contributed by atoms with van der Waals surface area (Å²) < 4.78 is 0. The lowest BCUT2D eigenvalue weighted by Crippen LogP contribution is -2.05. The van der Waals surface area contributed by atoms with E-state index in [9.17, 15) is 19.5 Å². The van der Waals surface area contributed by atoms with Crippen LogP contribution in [0.3, 0.4) is 0 Å². The van der Waals surface area contributed by atoms with E-state index in [4.69, 9.17) is 5.11 Å². The molecule has 0 amide bonds. The molecular weight excluding hydrogens is 302 g/mol. The number of aromatic carboxylic acids is 2. The number of carbonyl (C=O) groups is 2. The van der Waals surface area contributed by atoms with E-state index in [1.807, 2.05) is 0 Å². The predicted molar refractivity (Wildman–Crippen MR) is 82.6 cm³/mol. The van der Waals surface area contributed by atoms with Gasteiger partial charge in [-0.25, -0.2) is 14.4 Å². The number of carboxylic acid groups (broad SMARTS) is 2. The zero-order valence-electron chi connectivity index (χ0n) is 11.6. The fourth-order valence-corrected chi connectivity index (χ4v) is 2.23. The highest BCUT2D eigenvalue weighted by Crippen LogP contribution is 2.24. The van der Waals surface area contributed by atoms with Crippen molar-refractivity contribution in [2.45, 2.75) is 0 Å². The maximum Gasteiger partial charge on any atom is 0.337 e. The second-order valence-corrected chi connectivity index (χ2v) is 4.84. The van der Waals surface area contributed by atoms with Gasteiger partial charge in [-0.2, -0.15) is 0 Å². The second-order valence-electron chi connectivity index (χ2n) is 4.84. The van der Waals surface area contributed by atoms with Crippen LogP contribution in [0.15, 0.2) is 41.2 Å². The average Bonchev–Trinajstić information content (AvgIpc) is 2.86. The van der Waals surface area contributed by atoms with E-state index in [1.165, 1.54) is 18.2 Å². The summed E-state index contributed by atoms with van der Waals surface area (Å²) in [5, 5.41) is 21.1. The lowest BCUT2D eigenvalue weighted by Gasteiger charge is -2.10. The van der Waals surface area contributed by atoms with Gasteiger partial charge in [0, 0.05) is 5.69 Å². The molecule has 116 valence electrons. The van der Waals surface area contributed by atoms with Gasteiger partial charge in [0.15, 0.2) is 0 Å². The summed E-state index contributed by atoms with van der Waals surface area (Å²) in [6.07, 6.45) is 0. The van der Waals surface area contributed by atoms with Crippen LogP contribution in [0.5, 0.6) is 0 Å². The number of aromatic amines is 2. The minimum atomic E-state index is -1.18. The number of carboxylic acids is 2. The van der Waals surface area contributed by atoms with Gasteiger partial charge in [0.05, 0.1) is 27.8 Å². The highest BCUT2D eigenvalue weighted by molar-refractivity contribution is 5.98. The van der Waals surface area contributed by atoms with E-state index < -0.39 is 11.9 Å². The third-order valence-corrected chi connectivity index (χ3v) is 3.29. The molecule has 0 saturated carbocycles. The number of anilines is 2. The lowest BCUT2D eigenvalue weighted by molar-refractivity contribution is 0.0682. The van der Waals surface area contributed by atoms with Crippen molar-refractivity contribution in [1.82, 2.24) is 9.97 Å². The van der Waals surface area contributed by atoms with E-state index in [-0.39, 0.29) is 22.5 Å². The Labute approximate surface area is 128 Å². The summed E-state index contributed by atoms with van der Waals surface area (Å²) in [5.41, 5.74) is 1.37. The first kappa shape index (κ1) is 14.4. The first-order valence-electron chi connectivity index (χ1n) is 6.54. The maximum atomic E-state index is 11.3. The first-order chi connectivity index (χ1) is 10.9. The van der Waals surface area contributed by atoms with Crippen LogP contribution in [0, 0.1) is 0 Å². The first-order valence-corrected chi connectivity index (χ1v) is 6.54. The van der Waals surface area contributed by atoms with Crippen LogP contribution in [0.1, 0.15) is 20.7 Å². The number of imidazole rings is 1. The van der Waals surface area contributed by atoms with Gasteiger partial charge >= 0.3 is 17.6 Å². The Morgan fingerprint density at radius 1 is 0.913 bits per heavy atom. The largest absolute Gasteiger partial charge is 0.478 e. The lowest BCUT2D eigenvalue weighted by atomic mass is 10.1. The molecule has 0 aliphatic carbocycles. The Hall–Kier alpha value is -3.55. The van der Waals surface area contributed by atoms with Gasteiger partial charge in [-0.1, -0.05) is 0 Å². The molecule has 2 aromatic carbocycles. The number of fused-ring (bicyclic) bond motifs is 1. The van der Waals surface area contributed by atoms with E-state index >= 15 is 0 Å². The number of H-pyrrole nitrogens is 2. The molecule has 3 aromatic rings. The van der Waals surface area contributed by atoms with Crippen molar-refractivity contribution in [2.75, 3.05) is 5.32 Å². The van der Waals surface area contributed by atoms with Crippen molar-refractivity contribution < 1.29 is 19.8 Å². The fraction of sp³-hybridized carbons (Fsp3) is 0. The molecule has 1 aromatic heterocycles. The normalized spacial score (nSPS) is 10.6. The van der Waals surface area contributed by atoms with Crippen LogP contribution in [-0.2, 0) is 0 Å². The molecule has 0 fully saturated rings. The van der Waals surface area contributed by atoms with Gasteiger partial charge in [0.2, 0.25) is 0 Å². The molecule has 0 spiro atoms. The molecule has 5 N–H and O–H groups in total.